The molecule has 1 saturated heterocycles. The lowest BCUT2D eigenvalue weighted by Crippen LogP contribution is -2.65. The van der Waals surface area contributed by atoms with Crippen molar-refractivity contribution in [2.24, 2.45) is 18.7 Å². The number of aryl methyl sites for hydroxylation is 1. The van der Waals surface area contributed by atoms with Crippen LogP contribution in [0.3, 0.4) is 0 Å². The summed E-state index contributed by atoms with van der Waals surface area (Å²) in [5, 5.41) is 3.35. The van der Waals surface area contributed by atoms with Crippen LogP contribution in [0.25, 0.3) is 0 Å². The molecule has 0 amide bonds. The van der Waals surface area contributed by atoms with Crippen LogP contribution in [0.4, 0.5) is 5.95 Å². The van der Waals surface area contributed by atoms with Crippen LogP contribution in [-0.4, -0.2) is 34.3 Å². The maximum Gasteiger partial charge on any atom is 0.202 e. The van der Waals surface area contributed by atoms with E-state index in [1.165, 1.54) is 0 Å². The normalized spacial score (nSPS) is 38.5. The second-order valence-corrected chi connectivity index (χ2v) is 4.40. The fourth-order valence-corrected chi connectivity index (χ4v) is 2.58. The number of aromatic nitrogens is 2. The Kier molecular flexibility index (Phi) is 1.97. The number of rotatable bonds is 2. The lowest BCUT2D eigenvalue weighted by molar-refractivity contribution is 0.00501. The Morgan fingerprint density at radius 3 is 3.27 bits per heavy atom. The van der Waals surface area contributed by atoms with Crippen molar-refractivity contribution >= 4 is 5.95 Å². The average Bonchev–Trinajstić information content (AvgIpc) is 2.81. The number of nitrogens with zero attached hydrogens (tertiary/aromatic N) is 2. The minimum absolute atomic E-state index is 0.203. The Balaban J connectivity index is 1.72. The molecule has 2 heterocycles. The lowest BCUT2D eigenvalue weighted by Gasteiger charge is -2.45. The number of ether oxygens (including phenoxy) is 1. The summed E-state index contributed by atoms with van der Waals surface area (Å²) < 4.78 is 7.60. The van der Waals surface area contributed by atoms with E-state index in [9.17, 15) is 0 Å². The molecule has 1 saturated carbocycles. The number of hydrogen-bond donors (Lipinski definition) is 2. The summed E-state index contributed by atoms with van der Waals surface area (Å²) in [4.78, 5) is 4.23. The second-order valence-electron chi connectivity index (χ2n) is 4.40. The van der Waals surface area contributed by atoms with Crippen molar-refractivity contribution in [2.75, 3.05) is 11.9 Å². The molecular weight excluding hydrogens is 192 g/mol. The van der Waals surface area contributed by atoms with Crippen LogP contribution in [0.15, 0.2) is 12.4 Å². The third-order valence-corrected chi connectivity index (χ3v) is 3.56. The van der Waals surface area contributed by atoms with Crippen LogP contribution in [-0.2, 0) is 11.8 Å². The van der Waals surface area contributed by atoms with Gasteiger partial charge in [-0.2, -0.15) is 0 Å². The number of nitrogens with two attached hydrogens (primary N) is 1. The largest absolute Gasteiger partial charge is 0.376 e. The smallest absolute Gasteiger partial charge is 0.202 e. The van der Waals surface area contributed by atoms with E-state index >= 15 is 0 Å². The number of imidazole rings is 1. The molecule has 1 aliphatic heterocycles. The van der Waals surface area contributed by atoms with Gasteiger partial charge in [0.2, 0.25) is 5.95 Å². The highest BCUT2D eigenvalue weighted by molar-refractivity contribution is 5.32. The zero-order valence-corrected chi connectivity index (χ0v) is 8.76. The van der Waals surface area contributed by atoms with Gasteiger partial charge in [0.15, 0.2) is 0 Å². The fraction of sp³-hybridized carbons (Fsp3) is 0.700. The Morgan fingerprint density at radius 2 is 2.53 bits per heavy atom. The maximum atomic E-state index is 6.10. The lowest BCUT2D eigenvalue weighted by atomic mass is 9.72. The summed E-state index contributed by atoms with van der Waals surface area (Å²) in [7, 11) is 1.96. The van der Waals surface area contributed by atoms with Crippen molar-refractivity contribution in [3.05, 3.63) is 12.4 Å². The van der Waals surface area contributed by atoms with Gasteiger partial charge in [-0.15, -0.1) is 0 Å². The van der Waals surface area contributed by atoms with E-state index in [1.807, 2.05) is 17.8 Å². The van der Waals surface area contributed by atoms with Gasteiger partial charge >= 0.3 is 0 Å². The third kappa shape index (κ3) is 1.27. The standard InChI is InChI=1S/C10H16N4O/c1-14-4-3-12-10(14)13-8-7(11)6-2-5-15-9(6)8/h3-4,6-9H,2,5,11H2,1H3,(H,12,13). The van der Waals surface area contributed by atoms with Crippen molar-refractivity contribution in [3.8, 4) is 0 Å². The predicted molar refractivity (Wildman–Crippen MR) is 56.4 cm³/mol. The quantitative estimate of drug-likeness (QED) is 0.715. The van der Waals surface area contributed by atoms with E-state index in [0.717, 1.165) is 19.0 Å². The van der Waals surface area contributed by atoms with Crippen molar-refractivity contribution in [3.63, 3.8) is 0 Å². The van der Waals surface area contributed by atoms with Gasteiger partial charge in [0.05, 0.1) is 12.1 Å². The summed E-state index contributed by atoms with van der Waals surface area (Å²) in [6.45, 7) is 0.849. The van der Waals surface area contributed by atoms with Crippen LogP contribution in [0.2, 0.25) is 0 Å². The summed E-state index contributed by atoms with van der Waals surface area (Å²) >= 11 is 0. The van der Waals surface area contributed by atoms with Gasteiger partial charge in [0.1, 0.15) is 0 Å². The topological polar surface area (TPSA) is 65.1 Å². The number of hydrogen-bond acceptors (Lipinski definition) is 4. The maximum absolute atomic E-state index is 6.10. The van der Waals surface area contributed by atoms with Gasteiger partial charge in [-0.1, -0.05) is 0 Å². The highest BCUT2D eigenvalue weighted by atomic mass is 16.5. The molecule has 82 valence electrons. The van der Waals surface area contributed by atoms with Crippen LogP contribution < -0.4 is 11.1 Å². The molecule has 1 aliphatic carbocycles. The Morgan fingerprint density at radius 1 is 1.67 bits per heavy atom. The Hall–Kier alpha value is -1.07. The Bertz CT molecular complexity index is 364. The molecule has 1 aromatic heterocycles. The molecule has 5 heteroatoms. The van der Waals surface area contributed by atoms with E-state index in [4.69, 9.17) is 10.5 Å². The van der Waals surface area contributed by atoms with Crippen LogP contribution in [0.1, 0.15) is 6.42 Å². The molecule has 4 unspecified atom stereocenters. The highest BCUT2D eigenvalue weighted by Gasteiger charge is 2.52. The first kappa shape index (κ1) is 9.18. The zero-order chi connectivity index (χ0) is 10.4. The van der Waals surface area contributed by atoms with E-state index in [-0.39, 0.29) is 18.2 Å². The van der Waals surface area contributed by atoms with Gasteiger partial charge in [-0.25, -0.2) is 4.98 Å². The monoisotopic (exact) mass is 208 g/mol. The number of nitrogens with one attached hydrogen (secondary N) is 1. The van der Waals surface area contributed by atoms with Crippen LogP contribution in [0, 0.1) is 5.92 Å². The number of anilines is 1. The second kappa shape index (κ2) is 3.21. The fourth-order valence-electron chi connectivity index (χ4n) is 2.58. The first-order chi connectivity index (χ1) is 7.27. The first-order valence-corrected chi connectivity index (χ1v) is 5.38. The van der Waals surface area contributed by atoms with Crippen LogP contribution >= 0.6 is 0 Å². The molecule has 3 rings (SSSR count). The van der Waals surface area contributed by atoms with Gasteiger partial charge < -0.3 is 20.4 Å². The summed E-state index contributed by atoms with van der Waals surface area (Å²) in [5.41, 5.74) is 6.10. The summed E-state index contributed by atoms with van der Waals surface area (Å²) in [6.07, 6.45) is 5.08. The minimum Gasteiger partial charge on any atom is -0.376 e. The highest BCUT2D eigenvalue weighted by Crippen LogP contribution is 2.38. The molecule has 5 nitrogen and oxygen atoms in total. The molecule has 0 spiro atoms. The minimum atomic E-state index is 0.203. The molecule has 2 fully saturated rings. The van der Waals surface area contributed by atoms with Gasteiger partial charge in [0, 0.05) is 38.0 Å². The van der Waals surface area contributed by atoms with Crippen LogP contribution in [0.5, 0.6) is 0 Å². The van der Waals surface area contributed by atoms with Crippen molar-refractivity contribution in [1.29, 1.82) is 0 Å². The molecule has 15 heavy (non-hydrogen) atoms. The average molecular weight is 208 g/mol. The molecule has 0 aromatic carbocycles. The molecule has 4 atom stereocenters. The van der Waals surface area contributed by atoms with E-state index in [2.05, 4.69) is 10.3 Å². The molecular formula is C10H16N4O. The molecule has 0 bridgehead atoms. The van der Waals surface area contributed by atoms with Crippen molar-refractivity contribution in [2.45, 2.75) is 24.6 Å². The third-order valence-electron chi connectivity index (χ3n) is 3.56. The van der Waals surface area contributed by atoms with Gasteiger partial charge in [-0.3, -0.25) is 0 Å². The summed E-state index contributed by atoms with van der Waals surface area (Å²) in [5.74, 6) is 1.41. The first-order valence-electron chi connectivity index (χ1n) is 5.38. The van der Waals surface area contributed by atoms with E-state index in [1.54, 1.807) is 6.20 Å². The SMILES string of the molecule is Cn1ccnc1NC1C(N)C2CCOC21. The van der Waals surface area contributed by atoms with Gasteiger partial charge in [-0.05, 0) is 6.42 Å². The molecule has 0 radical (unpaired) electrons. The molecule has 2 aliphatic rings. The van der Waals surface area contributed by atoms with Crippen molar-refractivity contribution < 1.29 is 4.74 Å². The zero-order valence-electron chi connectivity index (χ0n) is 8.76. The Labute approximate surface area is 88.6 Å². The van der Waals surface area contributed by atoms with E-state index < -0.39 is 0 Å². The predicted octanol–water partition coefficient (Wildman–Crippen LogP) is -0.0534. The van der Waals surface area contributed by atoms with Crippen molar-refractivity contribution in [1.82, 2.24) is 9.55 Å². The number of fused-ring (bicyclic) bond motifs is 1. The summed E-state index contributed by atoms with van der Waals surface area (Å²) in [6, 6.07) is 0.424. The van der Waals surface area contributed by atoms with Gasteiger partial charge in [0.25, 0.3) is 0 Å². The molecule has 3 N–H and O–H groups in total. The van der Waals surface area contributed by atoms with E-state index in [0.29, 0.717) is 5.92 Å². The molecule has 1 aromatic rings.